The van der Waals surface area contributed by atoms with Crippen LogP contribution >= 0.6 is 0 Å². The van der Waals surface area contributed by atoms with E-state index in [1.54, 1.807) is 20.8 Å². The highest BCUT2D eigenvalue weighted by molar-refractivity contribution is 4.72. The standard InChI is InChI=1S/C16H31F3O4/c1-14(2,3)22-12-11-21-10-9-20-8-7-13(16(17,18)19)23-15(4,5)6/h13H,7-12H2,1-6H3. The van der Waals surface area contributed by atoms with Crippen LogP contribution < -0.4 is 0 Å². The van der Waals surface area contributed by atoms with Gasteiger partial charge in [-0.3, -0.25) is 0 Å². The average Bonchev–Trinajstić information content (AvgIpc) is 2.31. The van der Waals surface area contributed by atoms with Crippen LogP contribution in [0.3, 0.4) is 0 Å². The van der Waals surface area contributed by atoms with E-state index in [9.17, 15) is 13.2 Å². The summed E-state index contributed by atoms with van der Waals surface area (Å²) in [5.41, 5.74) is -1.06. The van der Waals surface area contributed by atoms with Crippen molar-refractivity contribution in [2.24, 2.45) is 0 Å². The Morgan fingerprint density at radius 3 is 1.61 bits per heavy atom. The molecule has 1 atom stereocenters. The fourth-order valence-electron chi connectivity index (χ4n) is 1.64. The highest BCUT2D eigenvalue weighted by Crippen LogP contribution is 2.28. The molecule has 0 aromatic carbocycles. The molecule has 0 saturated carbocycles. The summed E-state index contributed by atoms with van der Waals surface area (Å²) >= 11 is 0. The molecule has 1 unspecified atom stereocenters. The van der Waals surface area contributed by atoms with Gasteiger partial charge in [0.15, 0.2) is 6.10 Å². The number of alkyl halides is 3. The Hall–Kier alpha value is -0.370. The monoisotopic (exact) mass is 344 g/mol. The van der Waals surface area contributed by atoms with Crippen molar-refractivity contribution in [3.05, 3.63) is 0 Å². The molecule has 0 aliphatic heterocycles. The van der Waals surface area contributed by atoms with Crippen molar-refractivity contribution in [2.45, 2.75) is 71.4 Å². The number of rotatable bonds is 10. The molecular weight excluding hydrogens is 313 g/mol. The van der Waals surface area contributed by atoms with E-state index in [4.69, 9.17) is 18.9 Å². The third-order valence-electron chi connectivity index (χ3n) is 2.52. The minimum Gasteiger partial charge on any atom is -0.379 e. The minimum absolute atomic E-state index is 0.0257. The van der Waals surface area contributed by atoms with Crippen LogP contribution in [0, 0.1) is 0 Å². The maximum absolute atomic E-state index is 12.8. The third-order valence-corrected chi connectivity index (χ3v) is 2.52. The van der Waals surface area contributed by atoms with Gasteiger partial charge < -0.3 is 18.9 Å². The largest absolute Gasteiger partial charge is 0.414 e. The van der Waals surface area contributed by atoms with E-state index in [0.29, 0.717) is 19.8 Å². The van der Waals surface area contributed by atoms with Crippen LogP contribution in [-0.2, 0) is 18.9 Å². The number of hydrogen-bond donors (Lipinski definition) is 0. The summed E-state index contributed by atoms with van der Waals surface area (Å²) < 4.78 is 59.5. The summed E-state index contributed by atoms with van der Waals surface area (Å²) in [4.78, 5) is 0. The maximum atomic E-state index is 12.8. The Morgan fingerprint density at radius 2 is 1.17 bits per heavy atom. The quantitative estimate of drug-likeness (QED) is 0.562. The van der Waals surface area contributed by atoms with Gasteiger partial charge in [-0.25, -0.2) is 0 Å². The first kappa shape index (κ1) is 22.6. The molecule has 0 spiro atoms. The molecule has 23 heavy (non-hydrogen) atoms. The average molecular weight is 344 g/mol. The molecule has 0 heterocycles. The zero-order chi connectivity index (χ0) is 18.1. The molecule has 0 aliphatic rings. The molecule has 4 nitrogen and oxygen atoms in total. The van der Waals surface area contributed by atoms with Gasteiger partial charge in [0.2, 0.25) is 0 Å². The predicted molar refractivity (Wildman–Crippen MR) is 82.6 cm³/mol. The van der Waals surface area contributed by atoms with Crippen molar-refractivity contribution in [2.75, 3.05) is 33.0 Å². The molecule has 0 N–H and O–H groups in total. The van der Waals surface area contributed by atoms with E-state index in [1.165, 1.54) is 0 Å². The Labute approximate surface area is 137 Å². The lowest BCUT2D eigenvalue weighted by molar-refractivity contribution is -0.249. The maximum Gasteiger partial charge on any atom is 0.414 e. The van der Waals surface area contributed by atoms with Crippen LogP contribution in [0.25, 0.3) is 0 Å². The van der Waals surface area contributed by atoms with E-state index in [-0.39, 0.29) is 25.2 Å². The van der Waals surface area contributed by atoms with Gasteiger partial charge in [0.1, 0.15) is 0 Å². The molecule has 0 saturated heterocycles. The second kappa shape index (κ2) is 9.81. The summed E-state index contributed by atoms with van der Waals surface area (Å²) in [7, 11) is 0. The van der Waals surface area contributed by atoms with Gasteiger partial charge in [-0.1, -0.05) is 0 Å². The summed E-state index contributed by atoms with van der Waals surface area (Å²) in [6.07, 6.45) is -6.44. The van der Waals surface area contributed by atoms with E-state index >= 15 is 0 Å². The lowest BCUT2D eigenvalue weighted by atomic mass is 10.1. The van der Waals surface area contributed by atoms with Gasteiger partial charge in [0.05, 0.1) is 37.6 Å². The predicted octanol–water partition coefficient (Wildman–Crippen LogP) is 3.97. The third kappa shape index (κ3) is 14.9. The first-order chi connectivity index (χ1) is 10.3. The fraction of sp³-hybridized carbons (Fsp3) is 1.00. The van der Waals surface area contributed by atoms with Crippen LogP contribution in [-0.4, -0.2) is 56.5 Å². The van der Waals surface area contributed by atoms with E-state index in [2.05, 4.69) is 0 Å². The van der Waals surface area contributed by atoms with Gasteiger partial charge in [-0.05, 0) is 41.5 Å². The van der Waals surface area contributed by atoms with Crippen LogP contribution in [0.2, 0.25) is 0 Å². The van der Waals surface area contributed by atoms with Crippen LogP contribution in [0.5, 0.6) is 0 Å². The van der Waals surface area contributed by atoms with Crippen molar-refractivity contribution in [1.82, 2.24) is 0 Å². The second-order valence-corrected chi connectivity index (χ2v) is 7.23. The van der Waals surface area contributed by atoms with E-state index < -0.39 is 17.9 Å². The van der Waals surface area contributed by atoms with Crippen LogP contribution in [0.15, 0.2) is 0 Å². The molecule has 0 aromatic heterocycles. The normalized spacial score (nSPS) is 15.0. The molecule has 0 amide bonds. The van der Waals surface area contributed by atoms with Crippen molar-refractivity contribution in [3.8, 4) is 0 Å². The molecule has 0 fully saturated rings. The lowest BCUT2D eigenvalue weighted by Crippen LogP contribution is -2.39. The topological polar surface area (TPSA) is 36.9 Å². The van der Waals surface area contributed by atoms with Crippen LogP contribution in [0.1, 0.15) is 48.0 Å². The summed E-state index contributed by atoms with van der Waals surface area (Å²) in [5.74, 6) is 0. The minimum atomic E-state index is -4.39. The molecule has 0 bridgehead atoms. The fourth-order valence-corrected chi connectivity index (χ4v) is 1.64. The Balaban J connectivity index is 3.75. The zero-order valence-electron chi connectivity index (χ0n) is 15.1. The lowest BCUT2D eigenvalue weighted by Gasteiger charge is -2.29. The summed E-state index contributed by atoms with van der Waals surface area (Å²) in [6.45, 7) is 12.1. The van der Waals surface area contributed by atoms with Gasteiger partial charge in [0.25, 0.3) is 0 Å². The smallest absolute Gasteiger partial charge is 0.379 e. The zero-order valence-corrected chi connectivity index (χ0v) is 15.1. The van der Waals surface area contributed by atoms with Crippen molar-refractivity contribution in [1.29, 1.82) is 0 Å². The Bertz CT molecular complexity index is 306. The van der Waals surface area contributed by atoms with Gasteiger partial charge in [-0.15, -0.1) is 0 Å². The summed E-state index contributed by atoms with van der Waals surface area (Å²) in [5, 5.41) is 0. The SMILES string of the molecule is CC(C)(C)OCCOCCOCCC(OC(C)(C)C)C(F)(F)F. The first-order valence-corrected chi connectivity index (χ1v) is 7.85. The van der Waals surface area contributed by atoms with Gasteiger partial charge >= 0.3 is 6.18 Å². The van der Waals surface area contributed by atoms with Gasteiger partial charge in [-0.2, -0.15) is 13.2 Å². The van der Waals surface area contributed by atoms with Crippen LogP contribution in [0.4, 0.5) is 13.2 Å². The molecule has 0 aromatic rings. The number of ether oxygens (including phenoxy) is 4. The highest BCUT2D eigenvalue weighted by Gasteiger charge is 2.42. The van der Waals surface area contributed by atoms with E-state index in [1.807, 2.05) is 20.8 Å². The van der Waals surface area contributed by atoms with Crippen molar-refractivity contribution < 1.29 is 32.1 Å². The second-order valence-electron chi connectivity index (χ2n) is 7.23. The highest BCUT2D eigenvalue weighted by atomic mass is 19.4. The van der Waals surface area contributed by atoms with Crippen molar-refractivity contribution >= 4 is 0 Å². The molecule has 0 radical (unpaired) electrons. The molecule has 7 heteroatoms. The number of halogens is 3. The van der Waals surface area contributed by atoms with Crippen molar-refractivity contribution in [3.63, 3.8) is 0 Å². The Kier molecular flexibility index (Phi) is 9.65. The Morgan fingerprint density at radius 1 is 0.696 bits per heavy atom. The van der Waals surface area contributed by atoms with Gasteiger partial charge in [0, 0.05) is 13.0 Å². The molecule has 0 rings (SSSR count). The first-order valence-electron chi connectivity index (χ1n) is 7.85. The van der Waals surface area contributed by atoms with E-state index in [0.717, 1.165) is 0 Å². The number of hydrogen-bond acceptors (Lipinski definition) is 4. The molecule has 0 aliphatic carbocycles. The summed E-state index contributed by atoms with van der Waals surface area (Å²) in [6, 6.07) is 0. The molecule has 140 valence electrons. The molecular formula is C16H31F3O4.